The van der Waals surface area contributed by atoms with Crippen LogP contribution in [-0.4, -0.2) is 88.3 Å². The molecule has 2 saturated heterocycles. The van der Waals surface area contributed by atoms with Gasteiger partial charge in [-0.25, -0.2) is 0 Å². The number of ether oxygens (including phenoxy) is 3. The minimum Gasteiger partial charge on any atom is -0.394 e. The van der Waals surface area contributed by atoms with Crippen LogP contribution >= 0.6 is 0 Å². The minimum absolute atomic E-state index is 0.0177. The van der Waals surface area contributed by atoms with Crippen molar-refractivity contribution in [2.24, 2.45) is 0 Å². The van der Waals surface area contributed by atoms with Crippen molar-refractivity contribution in [3.63, 3.8) is 0 Å². The van der Waals surface area contributed by atoms with E-state index in [0.29, 0.717) is 0 Å². The van der Waals surface area contributed by atoms with Crippen molar-refractivity contribution in [2.45, 2.75) is 42.9 Å². The molecule has 0 unspecified atom stereocenters. The summed E-state index contributed by atoms with van der Waals surface area (Å²) in [5, 5.41) is 47.1. The Morgan fingerprint density at radius 2 is 1.61 bits per heavy atom. The van der Waals surface area contributed by atoms with Gasteiger partial charge >= 0.3 is 0 Å². The first-order valence-electron chi connectivity index (χ1n) is 5.76. The fourth-order valence-corrected chi connectivity index (χ4v) is 2.05. The van der Waals surface area contributed by atoms with Crippen molar-refractivity contribution in [2.75, 3.05) is 19.8 Å². The molecule has 0 aliphatic carbocycles. The van der Waals surface area contributed by atoms with Gasteiger partial charge in [0.05, 0.1) is 19.8 Å². The molecule has 0 amide bonds. The van der Waals surface area contributed by atoms with E-state index in [1.807, 2.05) is 0 Å². The molecule has 0 bridgehead atoms. The molecule has 0 aromatic heterocycles. The molecule has 2 aliphatic heterocycles. The molecule has 2 aliphatic rings. The van der Waals surface area contributed by atoms with Gasteiger partial charge in [0.1, 0.15) is 36.6 Å². The van der Waals surface area contributed by atoms with Gasteiger partial charge in [-0.05, 0) is 0 Å². The average Bonchev–Trinajstić information content (AvgIpc) is 2.71. The van der Waals surface area contributed by atoms with Crippen molar-refractivity contribution in [3.05, 3.63) is 0 Å². The molecular weight excluding hydrogens is 248 g/mol. The summed E-state index contributed by atoms with van der Waals surface area (Å²) >= 11 is 0. The van der Waals surface area contributed by atoms with E-state index < -0.39 is 42.9 Å². The maximum Gasteiger partial charge on any atom is 0.186 e. The van der Waals surface area contributed by atoms with E-state index in [2.05, 4.69) is 0 Å². The molecule has 18 heavy (non-hydrogen) atoms. The highest BCUT2D eigenvalue weighted by Crippen LogP contribution is 2.24. The highest BCUT2D eigenvalue weighted by Gasteiger charge is 2.44. The number of hydrogen-bond acceptors (Lipinski definition) is 8. The average molecular weight is 266 g/mol. The Morgan fingerprint density at radius 1 is 0.944 bits per heavy atom. The Bertz CT molecular complexity index is 275. The zero-order valence-corrected chi connectivity index (χ0v) is 9.62. The summed E-state index contributed by atoms with van der Waals surface area (Å²) in [5.74, 6) is 0. The molecule has 5 N–H and O–H groups in total. The van der Waals surface area contributed by atoms with E-state index in [1.165, 1.54) is 0 Å². The van der Waals surface area contributed by atoms with Crippen molar-refractivity contribution in [1.82, 2.24) is 0 Å². The van der Waals surface area contributed by atoms with E-state index in [0.717, 1.165) is 0 Å². The van der Waals surface area contributed by atoms with Crippen molar-refractivity contribution in [1.29, 1.82) is 0 Å². The molecule has 8 heteroatoms. The summed E-state index contributed by atoms with van der Waals surface area (Å²) in [6, 6.07) is 0. The van der Waals surface area contributed by atoms with E-state index >= 15 is 0 Å². The molecular formula is C10H18O8. The van der Waals surface area contributed by atoms with Gasteiger partial charge in [0.25, 0.3) is 0 Å². The molecule has 0 saturated carbocycles. The van der Waals surface area contributed by atoms with Crippen LogP contribution in [0.2, 0.25) is 0 Å². The molecule has 2 rings (SSSR count). The summed E-state index contributed by atoms with van der Waals surface area (Å²) in [7, 11) is 0. The number of rotatable bonds is 3. The molecule has 0 spiro atoms. The van der Waals surface area contributed by atoms with Crippen molar-refractivity contribution < 1.29 is 39.7 Å². The Morgan fingerprint density at radius 3 is 2.28 bits per heavy atom. The third kappa shape index (κ3) is 2.65. The van der Waals surface area contributed by atoms with Gasteiger partial charge in [-0.1, -0.05) is 0 Å². The summed E-state index contributed by atoms with van der Waals surface area (Å²) in [6.07, 6.45) is -7.67. The monoisotopic (exact) mass is 266 g/mol. The van der Waals surface area contributed by atoms with E-state index in [1.54, 1.807) is 0 Å². The summed E-state index contributed by atoms with van der Waals surface area (Å²) in [6.45, 7) is -0.504. The number of aliphatic hydroxyl groups is 5. The fourth-order valence-electron chi connectivity index (χ4n) is 2.05. The smallest absolute Gasteiger partial charge is 0.186 e. The van der Waals surface area contributed by atoms with E-state index in [9.17, 15) is 20.4 Å². The van der Waals surface area contributed by atoms with Crippen LogP contribution in [0.4, 0.5) is 0 Å². The number of hydrogen-bond donors (Lipinski definition) is 5. The highest BCUT2D eigenvalue weighted by molar-refractivity contribution is 4.88. The summed E-state index contributed by atoms with van der Waals surface area (Å²) in [4.78, 5) is 0. The molecule has 2 fully saturated rings. The molecule has 8 nitrogen and oxygen atoms in total. The first-order valence-corrected chi connectivity index (χ1v) is 5.76. The van der Waals surface area contributed by atoms with Gasteiger partial charge in [-0.15, -0.1) is 0 Å². The van der Waals surface area contributed by atoms with Crippen LogP contribution in [0.25, 0.3) is 0 Å². The fraction of sp³-hybridized carbons (Fsp3) is 1.00. The van der Waals surface area contributed by atoms with Gasteiger partial charge in [-0.3, -0.25) is 0 Å². The summed E-state index contributed by atoms with van der Waals surface area (Å²) < 4.78 is 15.4. The second kappa shape index (κ2) is 5.76. The Hall–Kier alpha value is -0.320. The molecule has 2 heterocycles. The van der Waals surface area contributed by atoms with Crippen LogP contribution in [0, 0.1) is 0 Å². The zero-order valence-electron chi connectivity index (χ0n) is 9.62. The normalized spacial score (nSPS) is 49.5. The Kier molecular flexibility index (Phi) is 4.51. The molecule has 0 aromatic carbocycles. The SMILES string of the molecule is OC[C@H]1OC[C@@H](O)[C@@H]1O[C@@H]1OC[C@@H](O)[C@@H](O)[C@@H]1O. The minimum atomic E-state index is -1.43. The Labute approximate surface area is 103 Å². The lowest BCUT2D eigenvalue weighted by atomic mass is 10.1. The van der Waals surface area contributed by atoms with Gasteiger partial charge in [0.15, 0.2) is 6.29 Å². The van der Waals surface area contributed by atoms with E-state index in [4.69, 9.17) is 19.3 Å². The summed E-state index contributed by atoms with van der Waals surface area (Å²) in [5.41, 5.74) is 0. The van der Waals surface area contributed by atoms with Crippen molar-refractivity contribution >= 4 is 0 Å². The van der Waals surface area contributed by atoms with Crippen LogP contribution in [0.1, 0.15) is 0 Å². The predicted octanol–water partition coefficient (Wildman–Crippen LogP) is -3.44. The van der Waals surface area contributed by atoms with Crippen LogP contribution in [0.5, 0.6) is 0 Å². The van der Waals surface area contributed by atoms with Crippen molar-refractivity contribution in [3.8, 4) is 0 Å². The third-order valence-corrected chi connectivity index (χ3v) is 3.15. The maximum atomic E-state index is 9.67. The van der Waals surface area contributed by atoms with Gasteiger partial charge in [0.2, 0.25) is 0 Å². The van der Waals surface area contributed by atoms with Gasteiger partial charge < -0.3 is 39.7 Å². The van der Waals surface area contributed by atoms with Gasteiger partial charge in [0, 0.05) is 0 Å². The van der Waals surface area contributed by atoms with E-state index in [-0.39, 0.29) is 19.8 Å². The lowest BCUT2D eigenvalue weighted by molar-refractivity contribution is -0.291. The molecule has 0 aromatic rings. The van der Waals surface area contributed by atoms with Gasteiger partial charge in [-0.2, -0.15) is 0 Å². The third-order valence-electron chi connectivity index (χ3n) is 3.15. The molecule has 106 valence electrons. The first-order chi connectivity index (χ1) is 8.54. The van der Waals surface area contributed by atoms with Crippen LogP contribution in [0.3, 0.4) is 0 Å². The zero-order chi connectivity index (χ0) is 13.3. The van der Waals surface area contributed by atoms with Crippen LogP contribution in [0.15, 0.2) is 0 Å². The lowest BCUT2D eigenvalue weighted by Gasteiger charge is -2.37. The molecule has 7 atom stereocenters. The highest BCUT2D eigenvalue weighted by atomic mass is 16.7. The Balaban J connectivity index is 1.96. The topological polar surface area (TPSA) is 129 Å². The van der Waals surface area contributed by atoms with Crippen LogP contribution in [-0.2, 0) is 14.2 Å². The predicted molar refractivity (Wildman–Crippen MR) is 55.5 cm³/mol. The second-order valence-electron chi connectivity index (χ2n) is 4.47. The first kappa shape index (κ1) is 14.1. The standard InChI is InChI=1S/C10H18O8/c11-1-6-9(5(13)3-16-6)18-10-8(15)7(14)4(12)2-17-10/h4-15H,1-3H2/t4-,5-,6-,7-,8+,9+,10+/m1/s1. The molecule has 0 radical (unpaired) electrons. The quantitative estimate of drug-likeness (QED) is 0.357. The lowest BCUT2D eigenvalue weighted by Crippen LogP contribution is -2.55. The maximum absolute atomic E-state index is 9.67. The van der Waals surface area contributed by atoms with Crippen LogP contribution < -0.4 is 0 Å². The number of aliphatic hydroxyl groups excluding tert-OH is 5. The largest absolute Gasteiger partial charge is 0.394 e. The second-order valence-corrected chi connectivity index (χ2v) is 4.47.